The van der Waals surface area contributed by atoms with Crippen molar-refractivity contribution in [1.29, 1.82) is 0 Å². The van der Waals surface area contributed by atoms with E-state index in [0.29, 0.717) is 19.1 Å². The van der Waals surface area contributed by atoms with Gasteiger partial charge in [-0.15, -0.1) is 0 Å². The number of hydrogen-bond acceptors (Lipinski definition) is 4. The molecule has 0 aliphatic heterocycles. The van der Waals surface area contributed by atoms with Gasteiger partial charge in [0.15, 0.2) is 0 Å². The zero-order valence-electron chi connectivity index (χ0n) is 9.58. The van der Waals surface area contributed by atoms with Gasteiger partial charge in [-0.2, -0.15) is 5.48 Å². The number of hydroxylamine groups is 1. The highest BCUT2D eigenvalue weighted by Crippen LogP contribution is 1.98. The third-order valence-corrected chi connectivity index (χ3v) is 1.79. The van der Waals surface area contributed by atoms with Crippen LogP contribution in [-0.4, -0.2) is 32.9 Å². The fourth-order valence-corrected chi connectivity index (χ4v) is 1.07. The first-order chi connectivity index (χ1) is 6.70. The lowest BCUT2D eigenvalue weighted by Crippen LogP contribution is -2.34. The molecule has 0 aliphatic carbocycles. The zero-order chi connectivity index (χ0) is 10.8. The second-order valence-corrected chi connectivity index (χ2v) is 3.91. The largest absolute Gasteiger partial charge is 0.383 e. The summed E-state index contributed by atoms with van der Waals surface area (Å²) in [5.74, 6) is 0.542. The van der Waals surface area contributed by atoms with E-state index in [4.69, 9.17) is 15.3 Å². The molecule has 0 spiro atoms. The van der Waals surface area contributed by atoms with Crippen molar-refractivity contribution in [2.24, 2.45) is 11.7 Å². The first-order valence-corrected chi connectivity index (χ1v) is 5.27. The lowest BCUT2D eigenvalue weighted by molar-refractivity contribution is -0.0190. The van der Waals surface area contributed by atoms with E-state index in [2.05, 4.69) is 19.3 Å². The molecule has 0 heterocycles. The van der Waals surface area contributed by atoms with Crippen molar-refractivity contribution >= 4 is 0 Å². The Hall–Kier alpha value is -0.160. The van der Waals surface area contributed by atoms with Crippen LogP contribution in [0.15, 0.2) is 0 Å². The van der Waals surface area contributed by atoms with Crippen molar-refractivity contribution in [2.45, 2.75) is 32.7 Å². The minimum absolute atomic E-state index is 0.252. The van der Waals surface area contributed by atoms with Crippen molar-refractivity contribution in [2.75, 3.05) is 26.9 Å². The van der Waals surface area contributed by atoms with Gasteiger partial charge in [0, 0.05) is 7.11 Å². The summed E-state index contributed by atoms with van der Waals surface area (Å²) in [6.07, 6.45) is 1.98. The Labute approximate surface area is 87.1 Å². The maximum atomic E-state index is 5.44. The summed E-state index contributed by atoms with van der Waals surface area (Å²) < 4.78 is 5.08. The lowest BCUT2D eigenvalue weighted by atomic mass is 10.2. The van der Waals surface area contributed by atoms with Gasteiger partial charge in [0.1, 0.15) is 0 Å². The highest BCUT2D eigenvalue weighted by atomic mass is 16.6. The van der Waals surface area contributed by atoms with Crippen molar-refractivity contribution in [1.82, 2.24) is 5.48 Å². The molecule has 14 heavy (non-hydrogen) atoms. The molecular formula is C10H24N2O2. The van der Waals surface area contributed by atoms with Gasteiger partial charge < -0.3 is 15.3 Å². The van der Waals surface area contributed by atoms with E-state index in [1.54, 1.807) is 7.11 Å². The standard InChI is InChI=1S/C10H24N2O2/c1-9(2)7-14-12-10(8-13-3)5-4-6-11/h9-10,12H,4-8,11H2,1-3H3. The predicted molar refractivity (Wildman–Crippen MR) is 57.9 cm³/mol. The van der Waals surface area contributed by atoms with Crippen LogP contribution in [0.1, 0.15) is 26.7 Å². The molecule has 4 heteroatoms. The summed E-state index contributed by atoms with van der Waals surface area (Å²) >= 11 is 0. The monoisotopic (exact) mass is 204 g/mol. The summed E-state index contributed by atoms with van der Waals surface area (Å²) in [5.41, 5.74) is 8.45. The number of hydrogen-bond donors (Lipinski definition) is 2. The molecule has 1 unspecified atom stereocenters. The van der Waals surface area contributed by atoms with Crippen LogP contribution in [-0.2, 0) is 9.57 Å². The Bertz CT molecular complexity index is 121. The summed E-state index contributed by atoms with van der Waals surface area (Å²) in [7, 11) is 1.69. The van der Waals surface area contributed by atoms with Gasteiger partial charge in [0.05, 0.1) is 19.3 Å². The fraction of sp³-hybridized carbons (Fsp3) is 1.00. The van der Waals surface area contributed by atoms with E-state index in [1.807, 2.05) is 0 Å². The minimum Gasteiger partial charge on any atom is -0.383 e. The number of ether oxygens (including phenoxy) is 1. The quantitative estimate of drug-likeness (QED) is 0.548. The SMILES string of the molecule is COCC(CCCN)NOCC(C)C. The Morgan fingerprint density at radius 1 is 1.29 bits per heavy atom. The highest BCUT2D eigenvalue weighted by Gasteiger charge is 2.07. The Balaban J connectivity index is 3.50. The number of rotatable bonds is 9. The van der Waals surface area contributed by atoms with Crippen LogP contribution in [0.2, 0.25) is 0 Å². The normalized spacial score (nSPS) is 13.5. The first-order valence-electron chi connectivity index (χ1n) is 5.27. The molecule has 0 fully saturated rings. The van der Waals surface area contributed by atoms with Gasteiger partial charge in [-0.3, -0.25) is 0 Å². The summed E-state index contributed by atoms with van der Waals surface area (Å²) in [6, 6.07) is 0.252. The van der Waals surface area contributed by atoms with E-state index < -0.39 is 0 Å². The van der Waals surface area contributed by atoms with Crippen molar-refractivity contribution in [3.05, 3.63) is 0 Å². The smallest absolute Gasteiger partial charge is 0.0705 e. The van der Waals surface area contributed by atoms with Crippen LogP contribution in [0.4, 0.5) is 0 Å². The van der Waals surface area contributed by atoms with Gasteiger partial charge in [-0.05, 0) is 25.3 Å². The summed E-state index contributed by atoms with van der Waals surface area (Å²) in [5, 5.41) is 0. The van der Waals surface area contributed by atoms with Crippen molar-refractivity contribution in [3.8, 4) is 0 Å². The number of nitrogens with two attached hydrogens (primary N) is 1. The van der Waals surface area contributed by atoms with E-state index in [0.717, 1.165) is 19.4 Å². The maximum Gasteiger partial charge on any atom is 0.0705 e. The van der Waals surface area contributed by atoms with Gasteiger partial charge in [-0.1, -0.05) is 13.8 Å². The lowest BCUT2D eigenvalue weighted by Gasteiger charge is -2.17. The van der Waals surface area contributed by atoms with E-state index in [1.165, 1.54) is 0 Å². The Morgan fingerprint density at radius 2 is 2.00 bits per heavy atom. The average molecular weight is 204 g/mol. The molecule has 0 aromatic carbocycles. The van der Waals surface area contributed by atoms with E-state index in [9.17, 15) is 0 Å². The van der Waals surface area contributed by atoms with Gasteiger partial charge in [-0.25, -0.2) is 0 Å². The van der Waals surface area contributed by atoms with E-state index >= 15 is 0 Å². The molecule has 86 valence electrons. The fourth-order valence-electron chi connectivity index (χ4n) is 1.07. The van der Waals surface area contributed by atoms with Gasteiger partial charge in [0.2, 0.25) is 0 Å². The topological polar surface area (TPSA) is 56.5 Å². The first kappa shape index (κ1) is 13.8. The predicted octanol–water partition coefficient (Wildman–Crippen LogP) is 0.917. The van der Waals surface area contributed by atoms with Crippen LogP contribution < -0.4 is 11.2 Å². The third-order valence-electron chi connectivity index (χ3n) is 1.79. The van der Waals surface area contributed by atoms with Crippen LogP contribution in [0.3, 0.4) is 0 Å². The van der Waals surface area contributed by atoms with Crippen LogP contribution in [0, 0.1) is 5.92 Å². The molecule has 0 aliphatic rings. The Kier molecular flexibility index (Phi) is 9.29. The highest BCUT2D eigenvalue weighted by molar-refractivity contribution is 4.61. The molecule has 0 bridgehead atoms. The third kappa shape index (κ3) is 8.44. The van der Waals surface area contributed by atoms with Gasteiger partial charge >= 0.3 is 0 Å². The molecule has 0 radical (unpaired) electrons. The molecule has 0 saturated heterocycles. The molecule has 1 atom stereocenters. The molecule has 0 aromatic heterocycles. The van der Waals surface area contributed by atoms with Gasteiger partial charge in [0.25, 0.3) is 0 Å². The molecule has 4 nitrogen and oxygen atoms in total. The molecular weight excluding hydrogens is 180 g/mol. The summed E-state index contributed by atoms with van der Waals surface area (Å²) in [6.45, 7) is 6.34. The van der Waals surface area contributed by atoms with Crippen LogP contribution >= 0.6 is 0 Å². The summed E-state index contributed by atoms with van der Waals surface area (Å²) in [4.78, 5) is 5.34. The second-order valence-electron chi connectivity index (χ2n) is 3.91. The molecule has 3 N–H and O–H groups in total. The number of nitrogens with one attached hydrogen (secondary N) is 1. The van der Waals surface area contributed by atoms with Crippen molar-refractivity contribution < 1.29 is 9.57 Å². The van der Waals surface area contributed by atoms with Crippen molar-refractivity contribution in [3.63, 3.8) is 0 Å². The average Bonchev–Trinajstić information content (AvgIpc) is 2.13. The van der Waals surface area contributed by atoms with Crippen LogP contribution in [0.5, 0.6) is 0 Å². The maximum absolute atomic E-state index is 5.44. The molecule has 0 saturated carbocycles. The number of methoxy groups -OCH3 is 1. The molecule has 0 aromatic rings. The van der Waals surface area contributed by atoms with E-state index in [-0.39, 0.29) is 6.04 Å². The minimum atomic E-state index is 0.252. The van der Waals surface area contributed by atoms with Crippen LogP contribution in [0.25, 0.3) is 0 Å². The zero-order valence-corrected chi connectivity index (χ0v) is 9.58. The second kappa shape index (κ2) is 9.40. The Morgan fingerprint density at radius 3 is 2.50 bits per heavy atom. The molecule has 0 rings (SSSR count). The molecule has 0 amide bonds.